The fraction of sp³-hybridized carbons (Fsp3) is 0.944. The van der Waals surface area contributed by atoms with Gasteiger partial charge in [-0.3, -0.25) is 0 Å². The average Bonchev–Trinajstić information content (AvgIpc) is 2.47. The number of unbranched alkanes of at least 4 members (excludes halogenated alkanes) is 15. The monoisotopic (exact) mass is 392 g/mol. The maximum atomic E-state index is 8.70. The summed E-state index contributed by atoms with van der Waals surface area (Å²) in [5.41, 5.74) is 0. The van der Waals surface area contributed by atoms with Crippen LogP contribution in [0.2, 0.25) is 0 Å². The molecule has 0 radical (unpaired) electrons. The van der Waals surface area contributed by atoms with E-state index in [4.69, 9.17) is 14.4 Å². The first-order valence-electron chi connectivity index (χ1n) is 9.29. The van der Waals surface area contributed by atoms with E-state index in [1.54, 1.807) is 0 Å². The van der Waals surface area contributed by atoms with Crippen LogP contribution in [0.3, 0.4) is 0 Å². The Morgan fingerprint density at radius 2 is 0.870 bits per heavy atom. The Bertz CT molecular complexity index is 196. The van der Waals surface area contributed by atoms with Gasteiger partial charge in [-0.15, -0.1) is 9.79 Å². The molecule has 0 rings (SSSR count). The van der Waals surface area contributed by atoms with Crippen molar-refractivity contribution >= 4 is 8.25 Å². The van der Waals surface area contributed by atoms with Crippen molar-refractivity contribution in [2.45, 2.75) is 110 Å². The molecule has 0 atom stereocenters. The van der Waals surface area contributed by atoms with Crippen molar-refractivity contribution in [3.8, 4) is 0 Å². The van der Waals surface area contributed by atoms with Crippen LogP contribution in [0.5, 0.6) is 0 Å². The summed E-state index contributed by atoms with van der Waals surface area (Å²) >= 11 is 0. The van der Waals surface area contributed by atoms with Gasteiger partial charge in [0.15, 0.2) is 0 Å². The van der Waals surface area contributed by atoms with E-state index < -0.39 is 8.25 Å². The van der Waals surface area contributed by atoms with Crippen LogP contribution >= 0.6 is 8.25 Å². The van der Waals surface area contributed by atoms with Gasteiger partial charge in [-0.05, 0) is 0 Å². The van der Waals surface area contributed by atoms with Crippen molar-refractivity contribution in [2.75, 3.05) is 0 Å². The van der Waals surface area contributed by atoms with Crippen molar-refractivity contribution in [3.63, 3.8) is 0 Å². The van der Waals surface area contributed by atoms with Gasteiger partial charge in [0, 0.05) is 21.1 Å². The molecule has 0 saturated heterocycles. The Hall–Kier alpha value is 0.514. The molecular formula is C18H39NiO3P. The molecule has 0 aliphatic heterocycles. The first-order valence-corrected chi connectivity index (χ1v) is 10.5. The summed E-state index contributed by atoms with van der Waals surface area (Å²) < 4.78 is 8.70. The van der Waals surface area contributed by atoms with Gasteiger partial charge in [0.05, 0.1) is 0 Å². The normalized spacial score (nSPS) is 9.74. The number of hydrogen-bond acceptors (Lipinski definition) is 1. The Kier molecular flexibility index (Phi) is 33.7. The summed E-state index contributed by atoms with van der Waals surface area (Å²) in [5, 5.41) is 0. The summed E-state index contributed by atoms with van der Waals surface area (Å²) in [6, 6.07) is 0. The van der Waals surface area contributed by atoms with Crippen LogP contribution in [0.15, 0.2) is 0 Å². The van der Waals surface area contributed by atoms with Crippen molar-refractivity contribution in [2.24, 2.45) is 0 Å². The first kappa shape index (κ1) is 28.3. The predicted molar refractivity (Wildman–Crippen MR) is 96.9 cm³/mol. The Morgan fingerprint density at radius 3 is 1.09 bits per heavy atom. The van der Waals surface area contributed by atoms with Crippen molar-refractivity contribution in [1.29, 1.82) is 0 Å². The third-order valence-electron chi connectivity index (χ3n) is 3.85. The number of hydrogen-bond donors (Lipinski definition) is 2. The molecule has 0 aromatic carbocycles. The Morgan fingerprint density at radius 1 is 0.652 bits per heavy atom. The fourth-order valence-electron chi connectivity index (χ4n) is 2.55. The van der Waals surface area contributed by atoms with Crippen molar-refractivity contribution in [3.05, 3.63) is 6.92 Å². The molecule has 0 unspecified atom stereocenters. The minimum Gasteiger partial charge on any atom is -0.343 e. The number of rotatable bonds is 15. The Labute approximate surface area is 155 Å². The maximum Gasteiger partial charge on any atom is 0.692 e. The topological polar surface area (TPSA) is 57.5 Å². The van der Waals surface area contributed by atoms with Crippen molar-refractivity contribution in [1.82, 2.24) is 0 Å². The van der Waals surface area contributed by atoms with E-state index in [1.165, 1.54) is 96.3 Å². The van der Waals surface area contributed by atoms with Gasteiger partial charge < -0.3 is 6.92 Å². The van der Waals surface area contributed by atoms with Gasteiger partial charge in [-0.2, -0.15) is 6.42 Å². The van der Waals surface area contributed by atoms with Crippen LogP contribution in [0.1, 0.15) is 110 Å². The molecule has 0 saturated carbocycles. The van der Waals surface area contributed by atoms with E-state index in [-0.39, 0.29) is 16.5 Å². The SMILES string of the molecule is O=[P+](O)O.[CH2-]CCCCCCCCCCCCCCCCC.[Ni]. The molecule has 0 fully saturated rings. The maximum absolute atomic E-state index is 8.70. The molecule has 2 N–H and O–H groups in total. The quantitative estimate of drug-likeness (QED) is 0.141. The summed E-state index contributed by atoms with van der Waals surface area (Å²) in [6.07, 6.45) is 22.8. The zero-order valence-electron chi connectivity index (χ0n) is 15.1. The van der Waals surface area contributed by atoms with E-state index in [2.05, 4.69) is 13.8 Å². The second-order valence-corrected chi connectivity index (χ2v) is 6.56. The van der Waals surface area contributed by atoms with Crippen LogP contribution in [0, 0.1) is 6.92 Å². The van der Waals surface area contributed by atoms with Crippen LogP contribution < -0.4 is 0 Å². The summed E-state index contributed by atoms with van der Waals surface area (Å²) in [5.74, 6) is 0. The van der Waals surface area contributed by atoms with Crippen LogP contribution in [0.4, 0.5) is 0 Å². The average molecular weight is 393 g/mol. The van der Waals surface area contributed by atoms with E-state index in [9.17, 15) is 0 Å². The summed E-state index contributed by atoms with van der Waals surface area (Å²) in [4.78, 5) is 14.2. The predicted octanol–water partition coefficient (Wildman–Crippen LogP) is 6.71. The zero-order chi connectivity index (χ0) is 16.9. The minimum atomic E-state index is -2.87. The van der Waals surface area contributed by atoms with E-state index in [0.29, 0.717) is 0 Å². The molecule has 0 heterocycles. The fourth-order valence-corrected chi connectivity index (χ4v) is 2.55. The van der Waals surface area contributed by atoms with Gasteiger partial charge in [0.2, 0.25) is 0 Å². The van der Waals surface area contributed by atoms with Crippen LogP contribution in [-0.4, -0.2) is 9.79 Å². The first-order chi connectivity index (χ1) is 10.6. The minimum absolute atomic E-state index is 0. The third kappa shape index (κ3) is 39.4. The van der Waals surface area contributed by atoms with Crippen LogP contribution in [-0.2, 0) is 21.1 Å². The van der Waals surface area contributed by atoms with Crippen LogP contribution in [0.25, 0.3) is 0 Å². The Balaban J connectivity index is -0.000000712. The summed E-state index contributed by atoms with van der Waals surface area (Å²) in [7, 11) is -2.87. The van der Waals surface area contributed by atoms with E-state index in [0.717, 1.165) is 6.42 Å². The second-order valence-electron chi connectivity index (χ2n) is 6.06. The zero-order valence-corrected chi connectivity index (χ0v) is 17.0. The molecule has 0 aromatic heterocycles. The van der Waals surface area contributed by atoms with E-state index in [1.807, 2.05) is 0 Å². The van der Waals surface area contributed by atoms with Gasteiger partial charge >= 0.3 is 8.25 Å². The van der Waals surface area contributed by atoms with Crippen molar-refractivity contribution < 1.29 is 30.8 Å². The smallest absolute Gasteiger partial charge is 0.343 e. The molecule has 0 bridgehead atoms. The molecule has 0 aromatic rings. The van der Waals surface area contributed by atoms with Gasteiger partial charge in [-0.1, -0.05) is 103 Å². The molecule has 0 aliphatic rings. The summed E-state index contributed by atoms with van der Waals surface area (Å²) in [6.45, 7) is 6.18. The molecule has 144 valence electrons. The third-order valence-corrected chi connectivity index (χ3v) is 3.85. The molecule has 0 aliphatic carbocycles. The van der Waals surface area contributed by atoms with Gasteiger partial charge in [0.25, 0.3) is 0 Å². The molecule has 3 nitrogen and oxygen atoms in total. The van der Waals surface area contributed by atoms with Gasteiger partial charge in [-0.25, -0.2) is 0 Å². The molecule has 23 heavy (non-hydrogen) atoms. The molecular weight excluding hydrogens is 354 g/mol. The standard InChI is InChI=1S/C18H37.Ni.HO3P/c1-3-5-7-9-11-13-15-17-18-16-14-12-10-8-6-4-2;;1-4(2)3/h1,3-18H2,2H3;;(H-,1,2,3)/q-1;;/p+1. The molecule has 0 amide bonds. The van der Waals surface area contributed by atoms with Gasteiger partial charge in [0.1, 0.15) is 0 Å². The van der Waals surface area contributed by atoms with E-state index >= 15 is 0 Å². The molecule has 5 heteroatoms. The molecule has 0 spiro atoms. The largest absolute Gasteiger partial charge is 0.692 e. The second kappa shape index (κ2) is 27.4.